The Morgan fingerprint density at radius 2 is 1.06 bits per heavy atom. The van der Waals surface area contributed by atoms with Crippen molar-refractivity contribution in [1.29, 1.82) is 0 Å². The lowest BCUT2D eigenvalue weighted by molar-refractivity contribution is -0.148. The highest BCUT2D eigenvalue weighted by molar-refractivity contribution is 5.78. The first-order valence-corrected chi connectivity index (χ1v) is 22.0. The van der Waals surface area contributed by atoms with Crippen molar-refractivity contribution >= 4 is 11.9 Å². The average molecular weight is 742 g/mol. The Morgan fingerprint density at radius 1 is 0.585 bits per heavy atom. The molecule has 0 aromatic rings. The van der Waals surface area contributed by atoms with Gasteiger partial charge in [0.25, 0.3) is 0 Å². The van der Waals surface area contributed by atoms with Crippen LogP contribution >= 0.6 is 0 Å². The lowest BCUT2D eigenvalue weighted by atomic mass is 10.0. The molecule has 0 aliphatic rings. The Balaban J connectivity index is 4.74. The van der Waals surface area contributed by atoms with Crippen molar-refractivity contribution in [2.45, 2.75) is 219 Å². The summed E-state index contributed by atoms with van der Waals surface area (Å²) in [5.41, 5.74) is 0. The van der Waals surface area contributed by atoms with Gasteiger partial charge in [-0.2, -0.15) is 0 Å². The van der Waals surface area contributed by atoms with E-state index < -0.39 is 18.2 Å². The third-order valence-corrected chi connectivity index (χ3v) is 9.58. The van der Waals surface area contributed by atoms with Gasteiger partial charge in [0.05, 0.1) is 25.2 Å². The molecule has 0 aliphatic heterocycles. The predicted octanol–water partition coefficient (Wildman–Crippen LogP) is 12.5. The zero-order chi connectivity index (χ0) is 38.9. The number of aliphatic hydroxyl groups is 2. The van der Waals surface area contributed by atoms with E-state index in [2.05, 4.69) is 74.7 Å². The quantitative estimate of drug-likeness (QED) is 0.0333. The molecule has 3 N–H and O–H groups in total. The summed E-state index contributed by atoms with van der Waals surface area (Å²) in [5, 5.41) is 23.5. The number of esters is 1. The largest absolute Gasteiger partial charge is 0.458 e. The fourth-order valence-corrected chi connectivity index (χ4v) is 6.23. The molecule has 0 rings (SSSR count). The Bertz CT molecular complexity index is 968. The fourth-order valence-electron chi connectivity index (χ4n) is 6.23. The maximum absolute atomic E-state index is 13.0. The van der Waals surface area contributed by atoms with Crippen LogP contribution in [-0.4, -0.2) is 46.9 Å². The van der Waals surface area contributed by atoms with Gasteiger partial charge in [0.2, 0.25) is 5.91 Å². The number of rotatable bonds is 38. The van der Waals surface area contributed by atoms with Crippen LogP contribution in [0.1, 0.15) is 201 Å². The minimum Gasteiger partial charge on any atom is -0.458 e. The van der Waals surface area contributed by atoms with Crippen LogP contribution in [0.25, 0.3) is 0 Å². The van der Waals surface area contributed by atoms with Crippen molar-refractivity contribution in [3.8, 4) is 0 Å². The zero-order valence-electron chi connectivity index (χ0n) is 34.6. The van der Waals surface area contributed by atoms with Crippen LogP contribution in [0.3, 0.4) is 0 Å². The molecule has 0 heterocycles. The van der Waals surface area contributed by atoms with Gasteiger partial charge in [-0.05, 0) is 70.3 Å². The first-order chi connectivity index (χ1) is 26.0. The van der Waals surface area contributed by atoms with E-state index in [1.807, 2.05) is 12.2 Å². The third kappa shape index (κ3) is 36.3. The van der Waals surface area contributed by atoms with Crippen LogP contribution in [-0.2, 0) is 14.3 Å². The summed E-state index contributed by atoms with van der Waals surface area (Å²) in [6.45, 7) is 6.28. The maximum atomic E-state index is 13.0. The normalized spacial score (nSPS) is 14.0. The number of allylic oxidation sites excluding steroid dienone is 9. The molecular formula is C47H83NO5. The number of aliphatic hydroxyl groups excluding tert-OH is 2. The molecule has 53 heavy (non-hydrogen) atoms. The van der Waals surface area contributed by atoms with E-state index in [9.17, 15) is 19.8 Å². The molecule has 3 unspecified atom stereocenters. The van der Waals surface area contributed by atoms with E-state index in [0.717, 1.165) is 77.0 Å². The SMILES string of the molecule is CC/C=C/C/C=C/C/C=C/CCCCCCC(=O)OC(/C=C/C/C=C\CCCCCCCC)CC(=O)NC(CO)C(O)CCCCCCCCCCC. The van der Waals surface area contributed by atoms with Gasteiger partial charge in [-0.1, -0.05) is 178 Å². The van der Waals surface area contributed by atoms with E-state index in [-0.39, 0.29) is 24.9 Å². The summed E-state index contributed by atoms with van der Waals surface area (Å²) in [4.78, 5) is 25.8. The summed E-state index contributed by atoms with van der Waals surface area (Å²) >= 11 is 0. The first-order valence-electron chi connectivity index (χ1n) is 22.0. The smallest absolute Gasteiger partial charge is 0.306 e. The summed E-state index contributed by atoms with van der Waals surface area (Å²) in [5.74, 6) is -0.635. The second kappa shape index (κ2) is 40.7. The second-order valence-corrected chi connectivity index (χ2v) is 14.7. The number of unbranched alkanes of at least 4 members (excludes halogenated alkanes) is 18. The molecule has 0 aromatic carbocycles. The highest BCUT2D eigenvalue weighted by Gasteiger charge is 2.23. The van der Waals surface area contributed by atoms with Crippen molar-refractivity contribution in [2.75, 3.05) is 6.61 Å². The third-order valence-electron chi connectivity index (χ3n) is 9.58. The number of amides is 1. The van der Waals surface area contributed by atoms with E-state index in [1.54, 1.807) is 0 Å². The molecule has 1 amide bonds. The van der Waals surface area contributed by atoms with E-state index in [1.165, 1.54) is 77.0 Å². The molecule has 0 bridgehead atoms. The van der Waals surface area contributed by atoms with Crippen LogP contribution in [0.4, 0.5) is 0 Å². The van der Waals surface area contributed by atoms with E-state index in [4.69, 9.17) is 4.74 Å². The summed E-state index contributed by atoms with van der Waals surface area (Å²) < 4.78 is 5.78. The van der Waals surface area contributed by atoms with Crippen molar-refractivity contribution in [3.05, 3.63) is 60.8 Å². The van der Waals surface area contributed by atoms with Gasteiger partial charge in [0, 0.05) is 6.42 Å². The molecule has 0 saturated heterocycles. The molecule has 0 aromatic heterocycles. The van der Waals surface area contributed by atoms with Crippen molar-refractivity contribution in [2.24, 2.45) is 0 Å². The van der Waals surface area contributed by atoms with Gasteiger partial charge in [0.15, 0.2) is 0 Å². The Hall–Kier alpha value is -2.44. The number of carbonyl (C=O) groups is 2. The van der Waals surface area contributed by atoms with Crippen molar-refractivity contribution in [3.63, 3.8) is 0 Å². The van der Waals surface area contributed by atoms with Gasteiger partial charge in [-0.15, -0.1) is 0 Å². The van der Waals surface area contributed by atoms with Gasteiger partial charge in [0.1, 0.15) is 6.10 Å². The van der Waals surface area contributed by atoms with Gasteiger partial charge < -0.3 is 20.3 Å². The lowest BCUT2D eigenvalue weighted by Crippen LogP contribution is -2.46. The standard InChI is InChI=1S/C47H83NO5/c1-4-7-10-13-16-19-21-22-23-25-28-31-34-37-40-47(52)53-43(38-35-32-29-27-24-20-17-14-11-8-5-2)41-46(51)48-44(42-49)45(50)39-36-33-30-26-18-15-12-9-6-3/h7,10,16,19,22-23,27,29,35,38,43-45,49-50H,4-6,8-9,11-15,17-18,20-21,24-26,28,30-34,36-37,39-42H2,1-3H3,(H,48,51)/b10-7+,19-16+,23-22+,29-27-,38-35+. The molecular weight excluding hydrogens is 659 g/mol. The molecule has 0 aliphatic carbocycles. The van der Waals surface area contributed by atoms with E-state index >= 15 is 0 Å². The Kier molecular flexibility index (Phi) is 38.9. The maximum Gasteiger partial charge on any atom is 0.306 e. The Morgan fingerprint density at radius 3 is 1.60 bits per heavy atom. The van der Waals surface area contributed by atoms with Crippen LogP contribution in [0.5, 0.6) is 0 Å². The highest BCUT2D eigenvalue weighted by atomic mass is 16.5. The van der Waals surface area contributed by atoms with Crippen LogP contribution in [0.2, 0.25) is 0 Å². The van der Waals surface area contributed by atoms with E-state index in [0.29, 0.717) is 19.3 Å². The topological polar surface area (TPSA) is 95.9 Å². The zero-order valence-corrected chi connectivity index (χ0v) is 34.6. The molecule has 0 spiro atoms. The van der Waals surface area contributed by atoms with Crippen LogP contribution in [0, 0.1) is 0 Å². The molecule has 6 nitrogen and oxygen atoms in total. The highest BCUT2D eigenvalue weighted by Crippen LogP contribution is 2.14. The number of nitrogens with one attached hydrogen (secondary N) is 1. The molecule has 3 atom stereocenters. The second-order valence-electron chi connectivity index (χ2n) is 14.7. The van der Waals surface area contributed by atoms with Crippen LogP contribution < -0.4 is 5.32 Å². The number of hydrogen-bond acceptors (Lipinski definition) is 5. The first kappa shape index (κ1) is 50.6. The summed E-state index contributed by atoms with van der Waals surface area (Å²) in [7, 11) is 0. The average Bonchev–Trinajstić information content (AvgIpc) is 3.15. The molecule has 0 radical (unpaired) electrons. The summed E-state index contributed by atoms with van der Waals surface area (Å²) in [6.07, 6.45) is 48.8. The van der Waals surface area contributed by atoms with Gasteiger partial charge in [-0.25, -0.2) is 0 Å². The Labute approximate surface area is 327 Å². The number of carbonyl (C=O) groups excluding carboxylic acids is 2. The van der Waals surface area contributed by atoms with Gasteiger partial charge in [-0.3, -0.25) is 9.59 Å². The minimum atomic E-state index is -0.813. The number of ether oxygens (including phenoxy) is 1. The van der Waals surface area contributed by atoms with Crippen molar-refractivity contribution < 1.29 is 24.5 Å². The monoisotopic (exact) mass is 742 g/mol. The van der Waals surface area contributed by atoms with Gasteiger partial charge >= 0.3 is 5.97 Å². The summed E-state index contributed by atoms with van der Waals surface area (Å²) in [6, 6.07) is -0.735. The van der Waals surface area contributed by atoms with Crippen molar-refractivity contribution in [1.82, 2.24) is 5.32 Å². The molecule has 0 saturated carbocycles. The molecule has 0 fully saturated rings. The molecule has 306 valence electrons. The minimum absolute atomic E-state index is 0.0398. The predicted molar refractivity (Wildman–Crippen MR) is 227 cm³/mol. The fraction of sp³-hybridized carbons (Fsp3) is 0.745. The number of hydrogen-bond donors (Lipinski definition) is 3. The lowest BCUT2D eigenvalue weighted by Gasteiger charge is -2.23. The molecule has 6 heteroatoms. The van der Waals surface area contributed by atoms with Crippen LogP contribution in [0.15, 0.2) is 60.8 Å².